The highest BCUT2D eigenvalue weighted by Gasteiger charge is 2.44. The summed E-state index contributed by atoms with van der Waals surface area (Å²) in [5.41, 5.74) is 6.32. The van der Waals surface area contributed by atoms with E-state index in [1.54, 1.807) is 12.1 Å². The van der Waals surface area contributed by atoms with Crippen molar-refractivity contribution in [3.05, 3.63) is 36.4 Å². The molecule has 1 atom stereocenters. The first-order valence-electron chi connectivity index (χ1n) is 6.93. The number of amides is 1. The van der Waals surface area contributed by atoms with Crippen LogP contribution < -0.4 is 15.4 Å². The molecule has 2 aliphatic heterocycles. The second kappa shape index (κ2) is 4.66. The number of alkyl halides is 2. The summed E-state index contributed by atoms with van der Waals surface area (Å²) in [5.74, 6) is -0.525. The molecule has 1 aromatic carbocycles. The predicted octanol–water partition coefficient (Wildman–Crippen LogP) is 1.60. The van der Waals surface area contributed by atoms with Crippen molar-refractivity contribution < 1.29 is 23.0 Å². The number of ether oxygens (including phenoxy) is 2. The van der Waals surface area contributed by atoms with E-state index in [1.807, 2.05) is 0 Å². The van der Waals surface area contributed by atoms with Gasteiger partial charge in [-0.2, -0.15) is 8.78 Å². The van der Waals surface area contributed by atoms with Crippen molar-refractivity contribution in [1.29, 1.82) is 0 Å². The Kier molecular flexibility index (Phi) is 2.82. The molecule has 2 aromatic rings. The Bertz CT molecular complexity index is 792. The van der Waals surface area contributed by atoms with Crippen molar-refractivity contribution in [2.45, 2.75) is 12.2 Å². The van der Waals surface area contributed by atoms with Crippen LogP contribution in [0.2, 0.25) is 0 Å². The Hall–Kier alpha value is -2.68. The topological polar surface area (TPSA) is 82.6 Å². The van der Waals surface area contributed by atoms with Crippen molar-refractivity contribution in [1.82, 2.24) is 9.55 Å². The first kappa shape index (κ1) is 13.9. The lowest BCUT2D eigenvalue weighted by molar-refractivity contribution is -0.197. The number of rotatable bonds is 2. The molecule has 0 bridgehead atoms. The van der Waals surface area contributed by atoms with Crippen molar-refractivity contribution in [3.63, 3.8) is 0 Å². The predicted molar refractivity (Wildman–Crippen MR) is 74.8 cm³/mol. The quantitative estimate of drug-likeness (QED) is 0.908. The molecule has 1 amide bonds. The van der Waals surface area contributed by atoms with Crippen molar-refractivity contribution >= 4 is 11.8 Å². The molecule has 1 saturated heterocycles. The summed E-state index contributed by atoms with van der Waals surface area (Å²) in [6.45, 7) is 0.459. The first-order chi connectivity index (χ1) is 11.0. The lowest BCUT2D eigenvalue weighted by Gasteiger charge is -2.27. The molecule has 1 fully saturated rings. The molecule has 2 N–H and O–H groups in total. The van der Waals surface area contributed by atoms with Gasteiger partial charge in [-0.3, -0.25) is 9.47 Å². The highest BCUT2D eigenvalue weighted by molar-refractivity contribution is 5.90. The van der Waals surface area contributed by atoms with Gasteiger partial charge in [0, 0.05) is 25.0 Å². The van der Waals surface area contributed by atoms with E-state index in [9.17, 15) is 13.6 Å². The molecule has 23 heavy (non-hydrogen) atoms. The third-order valence-corrected chi connectivity index (χ3v) is 3.79. The Balaban J connectivity index is 1.75. The van der Waals surface area contributed by atoms with Gasteiger partial charge in [-0.05, 0) is 12.1 Å². The SMILES string of the molecule is NC[C@H]1CN(c2ccc3c(c2)OC(F)(F)c2nccn2-3)C(=O)O1. The maximum Gasteiger partial charge on any atom is 0.461 e. The number of anilines is 1. The van der Waals surface area contributed by atoms with Crippen LogP contribution >= 0.6 is 0 Å². The zero-order chi connectivity index (χ0) is 16.2. The highest BCUT2D eigenvalue weighted by Crippen LogP contribution is 2.42. The Morgan fingerprint density at radius 3 is 3.00 bits per heavy atom. The van der Waals surface area contributed by atoms with Crippen molar-refractivity contribution in [2.75, 3.05) is 18.0 Å². The van der Waals surface area contributed by atoms with Crippen LogP contribution in [-0.2, 0) is 10.8 Å². The van der Waals surface area contributed by atoms with Crippen molar-refractivity contribution in [3.8, 4) is 11.4 Å². The fourth-order valence-electron chi connectivity index (χ4n) is 2.70. The molecule has 0 aliphatic carbocycles. The van der Waals surface area contributed by atoms with Gasteiger partial charge in [0.2, 0.25) is 5.82 Å². The maximum atomic E-state index is 14.0. The summed E-state index contributed by atoms with van der Waals surface area (Å²) >= 11 is 0. The van der Waals surface area contributed by atoms with Crippen LogP contribution in [-0.4, -0.2) is 34.8 Å². The van der Waals surface area contributed by atoms with Crippen LogP contribution in [0, 0.1) is 0 Å². The molecule has 2 aliphatic rings. The molecule has 0 spiro atoms. The lowest BCUT2D eigenvalue weighted by Crippen LogP contribution is -2.31. The number of imidazole rings is 1. The Labute approximate surface area is 129 Å². The molecule has 4 rings (SSSR count). The van der Waals surface area contributed by atoms with E-state index in [-0.39, 0.29) is 18.8 Å². The number of benzene rings is 1. The molecular weight excluding hydrogens is 310 g/mol. The molecule has 0 saturated carbocycles. The number of carbonyl (C=O) groups is 1. The van der Waals surface area contributed by atoms with E-state index in [0.29, 0.717) is 11.4 Å². The number of nitrogens with two attached hydrogens (primary N) is 1. The number of hydrogen-bond acceptors (Lipinski definition) is 5. The van der Waals surface area contributed by atoms with Gasteiger partial charge in [0.15, 0.2) is 5.75 Å². The van der Waals surface area contributed by atoms with Gasteiger partial charge in [-0.25, -0.2) is 9.78 Å². The van der Waals surface area contributed by atoms with E-state index in [2.05, 4.69) is 4.98 Å². The third kappa shape index (κ3) is 2.04. The highest BCUT2D eigenvalue weighted by atomic mass is 19.3. The Morgan fingerprint density at radius 1 is 1.43 bits per heavy atom. The second-order valence-corrected chi connectivity index (χ2v) is 5.24. The largest absolute Gasteiger partial charge is 0.461 e. The number of hydrogen-bond donors (Lipinski definition) is 1. The zero-order valence-electron chi connectivity index (χ0n) is 11.8. The summed E-state index contributed by atoms with van der Waals surface area (Å²) in [6, 6.07) is 4.61. The number of nitrogens with zero attached hydrogens (tertiary/aromatic N) is 3. The van der Waals surface area contributed by atoms with Gasteiger partial charge >= 0.3 is 12.2 Å². The molecule has 0 radical (unpaired) electrons. The monoisotopic (exact) mass is 322 g/mol. The normalized spacial score (nSPS) is 21.4. The molecule has 9 heteroatoms. The van der Waals surface area contributed by atoms with Gasteiger partial charge in [-0.15, -0.1) is 0 Å². The third-order valence-electron chi connectivity index (χ3n) is 3.79. The van der Waals surface area contributed by atoms with Crippen LogP contribution in [0.3, 0.4) is 0 Å². The minimum atomic E-state index is -3.54. The van der Waals surface area contributed by atoms with Crippen LogP contribution in [0.4, 0.5) is 19.3 Å². The fraction of sp³-hybridized carbons (Fsp3) is 0.286. The zero-order valence-corrected chi connectivity index (χ0v) is 11.8. The molecule has 120 valence electrons. The van der Waals surface area contributed by atoms with Crippen LogP contribution in [0.25, 0.3) is 5.69 Å². The molecule has 0 unspecified atom stereocenters. The van der Waals surface area contributed by atoms with E-state index in [1.165, 1.54) is 27.9 Å². The van der Waals surface area contributed by atoms with Crippen LogP contribution in [0.15, 0.2) is 30.6 Å². The number of carbonyl (C=O) groups excluding carboxylic acids is 1. The standard InChI is InChI=1S/C14H12F2N4O3/c15-14(16)12-18-3-4-19(12)10-2-1-8(5-11(10)23-14)20-7-9(6-17)22-13(20)21/h1-5,9H,6-7,17H2/t9-/m0/s1. The van der Waals surface area contributed by atoms with Crippen LogP contribution in [0.1, 0.15) is 5.82 Å². The fourth-order valence-corrected chi connectivity index (χ4v) is 2.70. The van der Waals surface area contributed by atoms with Gasteiger partial charge < -0.3 is 15.2 Å². The van der Waals surface area contributed by atoms with Crippen LogP contribution in [0.5, 0.6) is 5.75 Å². The minimum absolute atomic E-state index is 0.0398. The molecule has 7 nitrogen and oxygen atoms in total. The Morgan fingerprint density at radius 2 is 2.26 bits per heavy atom. The summed E-state index contributed by atoms with van der Waals surface area (Å²) in [7, 11) is 0. The average molecular weight is 322 g/mol. The first-order valence-corrected chi connectivity index (χ1v) is 6.93. The molecule has 1 aromatic heterocycles. The summed E-state index contributed by atoms with van der Waals surface area (Å²) in [5, 5.41) is 0. The van der Waals surface area contributed by atoms with E-state index >= 15 is 0 Å². The number of fused-ring (bicyclic) bond motifs is 3. The van der Waals surface area contributed by atoms with E-state index in [4.69, 9.17) is 15.2 Å². The number of aromatic nitrogens is 2. The van der Waals surface area contributed by atoms with E-state index < -0.39 is 24.1 Å². The number of halogens is 2. The van der Waals surface area contributed by atoms with Gasteiger partial charge in [0.1, 0.15) is 6.10 Å². The molecular formula is C14H12F2N4O3. The van der Waals surface area contributed by atoms with Gasteiger partial charge in [0.25, 0.3) is 0 Å². The summed E-state index contributed by atoms with van der Waals surface area (Å²) in [4.78, 5) is 16.8. The van der Waals surface area contributed by atoms with Gasteiger partial charge in [-0.1, -0.05) is 0 Å². The smallest absolute Gasteiger partial charge is 0.443 e. The summed E-state index contributed by atoms with van der Waals surface area (Å²) < 4.78 is 39.1. The average Bonchev–Trinajstić information content (AvgIpc) is 3.13. The maximum absolute atomic E-state index is 14.0. The molecule has 3 heterocycles. The van der Waals surface area contributed by atoms with Gasteiger partial charge in [0.05, 0.1) is 17.9 Å². The number of cyclic esters (lactones) is 1. The van der Waals surface area contributed by atoms with Crippen molar-refractivity contribution in [2.24, 2.45) is 5.73 Å². The second-order valence-electron chi connectivity index (χ2n) is 5.24. The van der Waals surface area contributed by atoms with E-state index in [0.717, 1.165) is 0 Å². The lowest BCUT2D eigenvalue weighted by atomic mass is 10.2. The minimum Gasteiger partial charge on any atom is -0.443 e. The summed E-state index contributed by atoms with van der Waals surface area (Å²) in [6.07, 6.45) is -1.81.